The zero-order valence-electron chi connectivity index (χ0n) is 8.17. The van der Waals surface area contributed by atoms with Gasteiger partial charge in [0.2, 0.25) is 0 Å². The van der Waals surface area contributed by atoms with Crippen LogP contribution in [-0.4, -0.2) is 35.9 Å². The number of alkyl halides is 3. The number of carboxylic acid groups (broad SMARTS) is 1. The van der Waals surface area contributed by atoms with Crippen LogP contribution in [0.1, 0.15) is 13.8 Å². The Balaban J connectivity index is 0. The molecule has 0 unspecified atom stereocenters. The number of hydrogen-bond acceptors (Lipinski definition) is 4. The molecule has 0 aliphatic heterocycles. The molecule has 0 amide bonds. The molecular formula is C7H12F3NO4. The van der Waals surface area contributed by atoms with Crippen LogP contribution >= 0.6 is 0 Å². The number of ether oxygens (including phenoxy) is 1. The molecule has 0 spiro atoms. The van der Waals surface area contributed by atoms with Gasteiger partial charge in [-0.2, -0.15) is 13.2 Å². The quantitative estimate of drug-likeness (QED) is 0.676. The maximum Gasteiger partial charge on any atom is 0.490 e. The number of nitrogens with two attached hydrogens (primary N) is 1. The van der Waals surface area contributed by atoms with Gasteiger partial charge in [0.15, 0.2) is 0 Å². The average molecular weight is 231 g/mol. The number of carbonyl (C=O) groups excluding carboxylic acids is 1. The lowest BCUT2D eigenvalue weighted by atomic mass is 10.4. The number of esters is 1. The molecule has 0 aromatic heterocycles. The molecule has 5 nitrogen and oxygen atoms in total. The van der Waals surface area contributed by atoms with Gasteiger partial charge in [-0.15, -0.1) is 0 Å². The summed E-state index contributed by atoms with van der Waals surface area (Å²) < 4.78 is 36.3. The van der Waals surface area contributed by atoms with Gasteiger partial charge >= 0.3 is 18.1 Å². The summed E-state index contributed by atoms with van der Waals surface area (Å²) in [7, 11) is 0. The van der Waals surface area contributed by atoms with Gasteiger partial charge < -0.3 is 15.6 Å². The number of halogens is 3. The predicted molar refractivity (Wildman–Crippen MR) is 44.0 cm³/mol. The zero-order chi connectivity index (χ0) is 12.6. The van der Waals surface area contributed by atoms with E-state index >= 15 is 0 Å². The normalized spacial score (nSPS) is 12.1. The van der Waals surface area contributed by atoms with Crippen molar-refractivity contribution in [2.45, 2.75) is 26.1 Å². The molecule has 15 heavy (non-hydrogen) atoms. The fourth-order valence-corrected chi connectivity index (χ4v) is 0.274. The average Bonchev–Trinajstić information content (AvgIpc) is 2.03. The lowest BCUT2D eigenvalue weighted by Crippen LogP contribution is -2.28. The SMILES string of the molecule is CCOC(=O)[C@@H](C)N.O=C(O)C(F)(F)F. The Morgan fingerprint density at radius 1 is 1.47 bits per heavy atom. The van der Waals surface area contributed by atoms with Crippen LogP contribution in [0, 0.1) is 0 Å². The van der Waals surface area contributed by atoms with Gasteiger partial charge in [-0.1, -0.05) is 0 Å². The minimum absolute atomic E-state index is 0.340. The van der Waals surface area contributed by atoms with Crippen molar-refractivity contribution in [2.75, 3.05) is 6.61 Å². The summed E-state index contributed by atoms with van der Waals surface area (Å²) >= 11 is 0. The topological polar surface area (TPSA) is 89.6 Å². The molecule has 0 rings (SSSR count). The standard InChI is InChI=1S/C5H11NO2.C2HF3O2/c1-3-8-5(7)4(2)6;3-2(4,5)1(6)7/h4H,3,6H2,1-2H3;(H,6,7)/t4-;/m1./s1. The highest BCUT2D eigenvalue weighted by molar-refractivity contribution is 5.74. The van der Waals surface area contributed by atoms with Crippen molar-refractivity contribution < 1.29 is 32.6 Å². The Morgan fingerprint density at radius 2 is 1.80 bits per heavy atom. The monoisotopic (exact) mass is 231 g/mol. The van der Waals surface area contributed by atoms with Gasteiger partial charge in [0.05, 0.1) is 6.61 Å². The summed E-state index contributed by atoms with van der Waals surface area (Å²) in [6.45, 7) is 3.75. The van der Waals surface area contributed by atoms with Crippen LogP contribution < -0.4 is 5.73 Å². The van der Waals surface area contributed by atoms with Crippen LogP contribution in [0.25, 0.3) is 0 Å². The summed E-state index contributed by atoms with van der Waals surface area (Å²) in [6.07, 6.45) is -5.08. The maximum absolute atomic E-state index is 10.6. The van der Waals surface area contributed by atoms with Crippen molar-refractivity contribution in [3.8, 4) is 0 Å². The first kappa shape index (κ1) is 16.1. The first-order valence-electron chi connectivity index (χ1n) is 3.85. The van der Waals surface area contributed by atoms with Gasteiger partial charge in [-0.05, 0) is 13.8 Å². The smallest absolute Gasteiger partial charge is 0.475 e. The summed E-state index contributed by atoms with van der Waals surface area (Å²) in [6, 6.07) is -0.491. The van der Waals surface area contributed by atoms with Gasteiger partial charge in [-0.3, -0.25) is 4.79 Å². The van der Waals surface area contributed by atoms with Crippen molar-refractivity contribution in [2.24, 2.45) is 5.73 Å². The third kappa shape index (κ3) is 10.6. The van der Waals surface area contributed by atoms with Crippen molar-refractivity contribution in [1.29, 1.82) is 0 Å². The molecule has 3 N–H and O–H groups in total. The molecule has 0 aliphatic rings. The van der Waals surface area contributed by atoms with E-state index in [1.165, 1.54) is 0 Å². The number of aliphatic carboxylic acids is 1. The minimum atomic E-state index is -5.08. The third-order valence-electron chi connectivity index (χ3n) is 0.901. The highest BCUT2D eigenvalue weighted by Gasteiger charge is 2.38. The van der Waals surface area contributed by atoms with E-state index in [2.05, 4.69) is 4.74 Å². The van der Waals surface area contributed by atoms with Gasteiger partial charge in [0, 0.05) is 0 Å². The molecule has 1 atom stereocenters. The fourth-order valence-electron chi connectivity index (χ4n) is 0.274. The second-order valence-corrected chi connectivity index (χ2v) is 2.34. The number of carboxylic acids is 1. The largest absolute Gasteiger partial charge is 0.490 e. The van der Waals surface area contributed by atoms with E-state index in [1.807, 2.05) is 0 Å². The Bertz CT molecular complexity index is 215. The highest BCUT2D eigenvalue weighted by Crippen LogP contribution is 2.13. The first-order valence-corrected chi connectivity index (χ1v) is 3.85. The fraction of sp³-hybridized carbons (Fsp3) is 0.714. The molecule has 0 aromatic carbocycles. The van der Waals surface area contributed by atoms with E-state index in [0.717, 1.165) is 0 Å². The molecule has 0 bridgehead atoms. The number of carbonyl (C=O) groups is 2. The molecule has 0 fully saturated rings. The Morgan fingerprint density at radius 3 is 1.87 bits per heavy atom. The van der Waals surface area contributed by atoms with Crippen LogP contribution in [0.3, 0.4) is 0 Å². The maximum atomic E-state index is 10.6. The minimum Gasteiger partial charge on any atom is -0.475 e. The predicted octanol–water partition coefficient (Wildman–Crippen LogP) is 0.530. The van der Waals surface area contributed by atoms with E-state index < -0.39 is 18.2 Å². The number of rotatable bonds is 2. The van der Waals surface area contributed by atoms with E-state index in [0.29, 0.717) is 6.61 Å². The van der Waals surface area contributed by atoms with Gasteiger partial charge in [0.25, 0.3) is 0 Å². The first-order chi connectivity index (χ1) is 6.62. The van der Waals surface area contributed by atoms with Crippen molar-refractivity contribution >= 4 is 11.9 Å². The van der Waals surface area contributed by atoms with Crippen LogP contribution in [-0.2, 0) is 14.3 Å². The summed E-state index contributed by atoms with van der Waals surface area (Å²) in [5.41, 5.74) is 5.15. The lowest BCUT2D eigenvalue weighted by molar-refractivity contribution is -0.192. The van der Waals surface area contributed by atoms with E-state index in [4.69, 9.17) is 15.6 Å². The van der Waals surface area contributed by atoms with Crippen LogP contribution in [0.15, 0.2) is 0 Å². The third-order valence-corrected chi connectivity index (χ3v) is 0.901. The zero-order valence-corrected chi connectivity index (χ0v) is 8.17. The van der Waals surface area contributed by atoms with Crippen molar-refractivity contribution in [3.63, 3.8) is 0 Å². The molecular weight excluding hydrogens is 219 g/mol. The molecule has 0 saturated carbocycles. The molecule has 0 saturated heterocycles. The van der Waals surface area contributed by atoms with Crippen LogP contribution in [0.2, 0.25) is 0 Å². The summed E-state index contributed by atoms with van der Waals surface area (Å²) in [4.78, 5) is 19.3. The van der Waals surface area contributed by atoms with E-state index in [-0.39, 0.29) is 5.97 Å². The van der Waals surface area contributed by atoms with Gasteiger partial charge in [0.1, 0.15) is 6.04 Å². The second-order valence-electron chi connectivity index (χ2n) is 2.34. The molecule has 0 radical (unpaired) electrons. The van der Waals surface area contributed by atoms with Crippen LogP contribution in [0.5, 0.6) is 0 Å². The Kier molecular flexibility index (Phi) is 7.58. The Hall–Kier alpha value is -1.31. The van der Waals surface area contributed by atoms with E-state index in [9.17, 15) is 18.0 Å². The van der Waals surface area contributed by atoms with Crippen molar-refractivity contribution in [3.05, 3.63) is 0 Å². The highest BCUT2D eigenvalue weighted by atomic mass is 19.4. The molecule has 90 valence electrons. The Labute approximate surface area is 84.0 Å². The lowest BCUT2D eigenvalue weighted by Gasteiger charge is -2.02. The molecule has 8 heteroatoms. The van der Waals surface area contributed by atoms with Crippen LogP contribution in [0.4, 0.5) is 13.2 Å². The van der Waals surface area contributed by atoms with E-state index in [1.54, 1.807) is 13.8 Å². The summed E-state index contributed by atoms with van der Waals surface area (Å²) in [5, 5.41) is 7.12. The molecule has 0 aliphatic carbocycles. The molecule has 0 heterocycles. The summed E-state index contributed by atoms with van der Waals surface area (Å²) in [5.74, 6) is -3.10. The van der Waals surface area contributed by atoms with Crippen molar-refractivity contribution in [1.82, 2.24) is 0 Å². The second kappa shape index (κ2) is 7.04. The number of hydrogen-bond donors (Lipinski definition) is 2. The van der Waals surface area contributed by atoms with Gasteiger partial charge in [-0.25, -0.2) is 4.79 Å². The molecule has 0 aromatic rings.